The molecule has 0 bridgehead atoms. The number of hydrogen-bond acceptors (Lipinski definition) is 2. The predicted molar refractivity (Wildman–Crippen MR) is 128 cm³/mol. The second-order valence-corrected chi connectivity index (χ2v) is 8.69. The van der Waals surface area contributed by atoms with Gasteiger partial charge in [-0.3, -0.25) is 4.79 Å². The van der Waals surface area contributed by atoms with E-state index in [2.05, 4.69) is 69.3 Å². The SMILES string of the molecule is CCCCCCCCc1ccc(-c2ccc(C(C)OC(=O)CC(C)CC)cc2)cc1. The number of carbonyl (C=O) groups excluding carboxylic acids is 1. The average Bonchev–Trinajstić information content (AvgIpc) is 2.76. The van der Waals surface area contributed by atoms with Crippen LogP contribution < -0.4 is 0 Å². The fourth-order valence-electron chi connectivity index (χ4n) is 3.66. The number of carbonyl (C=O) groups is 1. The maximum absolute atomic E-state index is 12.0. The maximum atomic E-state index is 12.0. The van der Waals surface area contributed by atoms with Crippen molar-refractivity contribution in [1.29, 1.82) is 0 Å². The second kappa shape index (κ2) is 13.3. The normalized spacial score (nSPS) is 13.1. The molecule has 0 N–H and O–H groups in total. The van der Waals surface area contributed by atoms with Crippen LogP contribution >= 0.6 is 0 Å². The highest BCUT2D eigenvalue weighted by Crippen LogP contribution is 2.25. The quantitative estimate of drug-likeness (QED) is 0.246. The molecule has 0 aromatic heterocycles. The van der Waals surface area contributed by atoms with Crippen LogP contribution in [0.25, 0.3) is 11.1 Å². The molecule has 2 unspecified atom stereocenters. The summed E-state index contributed by atoms with van der Waals surface area (Å²) >= 11 is 0. The van der Waals surface area contributed by atoms with Gasteiger partial charge in [0.2, 0.25) is 0 Å². The minimum absolute atomic E-state index is 0.109. The largest absolute Gasteiger partial charge is 0.458 e. The monoisotopic (exact) mass is 408 g/mol. The van der Waals surface area contributed by atoms with Crippen molar-refractivity contribution in [1.82, 2.24) is 0 Å². The van der Waals surface area contributed by atoms with Crippen LogP contribution in [0.1, 0.15) is 96.3 Å². The maximum Gasteiger partial charge on any atom is 0.306 e. The Morgan fingerprint density at radius 2 is 1.37 bits per heavy atom. The number of ether oxygens (including phenoxy) is 1. The first kappa shape index (κ1) is 24.2. The molecule has 0 saturated carbocycles. The minimum Gasteiger partial charge on any atom is -0.458 e. The van der Waals surface area contributed by atoms with Crippen molar-refractivity contribution in [3.63, 3.8) is 0 Å². The van der Waals surface area contributed by atoms with Crippen LogP contribution in [0.2, 0.25) is 0 Å². The minimum atomic E-state index is -0.213. The van der Waals surface area contributed by atoms with E-state index in [1.54, 1.807) is 0 Å². The molecule has 2 aromatic rings. The summed E-state index contributed by atoms with van der Waals surface area (Å²) in [4.78, 5) is 12.0. The lowest BCUT2D eigenvalue weighted by Crippen LogP contribution is -2.12. The zero-order valence-corrected chi connectivity index (χ0v) is 19.5. The number of aryl methyl sites for hydroxylation is 1. The van der Waals surface area contributed by atoms with Gasteiger partial charge in [-0.05, 0) is 47.9 Å². The van der Waals surface area contributed by atoms with Crippen molar-refractivity contribution in [3.8, 4) is 11.1 Å². The van der Waals surface area contributed by atoms with Gasteiger partial charge >= 0.3 is 5.97 Å². The fourth-order valence-corrected chi connectivity index (χ4v) is 3.66. The number of hydrogen-bond donors (Lipinski definition) is 0. The lowest BCUT2D eigenvalue weighted by Gasteiger charge is -2.16. The Balaban J connectivity index is 1.84. The summed E-state index contributed by atoms with van der Waals surface area (Å²) in [6.45, 7) is 8.39. The molecule has 0 amide bonds. The Hall–Kier alpha value is -2.09. The third kappa shape index (κ3) is 8.34. The third-order valence-electron chi connectivity index (χ3n) is 6.01. The molecule has 0 saturated heterocycles. The van der Waals surface area contributed by atoms with Gasteiger partial charge in [-0.25, -0.2) is 0 Å². The lowest BCUT2D eigenvalue weighted by molar-refractivity contribution is -0.149. The number of esters is 1. The van der Waals surface area contributed by atoms with E-state index in [4.69, 9.17) is 4.74 Å². The van der Waals surface area contributed by atoms with Crippen LogP contribution in [0.15, 0.2) is 48.5 Å². The summed E-state index contributed by atoms with van der Waals surface area (Å²) in [6, 6.07) is 17.3. The lowest BCUT2D eigenvalue weighted by atomic mass is 9.99. The molecule has 0 spiro atoms. The molecule has 2 atom stereocenters. The molecule has 0 fully saturated rings. The zero-order valence-electron chi connectivity index (χ0n) is 19.5. The van der Waals surface area contributed by atoms with E-state index in [0.29, 0.717) is 12.3 Å². The molecule has 0 heterocycles. The Morgan fingerprint density at radius 3 is 1.97 bits per heavy atom. The number of rotatable bonds is 13. The average molecular weight is 409 g/mol. The molecule has 0 aliphatic heterocycles. The molecule has 164 valence electrons. The molecule has 0 aliphatic rings. The first-order chi connectivity index (χ1) is 14.5. The van der Waals surface area contributed by atoms with E-state index in [1.165, 1.54) is 61.6 Å². The first-order valence-corrected chi connectivity index (χ1v) is 11.9. The highest BCUT2D eigenvalue weighted by atomic mass is 16.5. The van der Waals surface area contributed by atoms with E-state index in [0.717, 1.165) is 12.0 Å². The smallest absolute Gasteiger partial charge is 0.306 e. The topological polar surface area (TPSA) is 26.3 Å². The third-order valence-corrected chi connectivity index (χ3v) is 6.01. The van der Waals surface area contributed by atoms with Gasteiger partial charge in [-0.15, -0.1) is 0 Å². The van der Waals surface area contributed by atoms with E-state index < -0.39 is 0 Å². The first-order valence-electron chi connectivity index (χ1n) is 11.9. The standard InChI is InChI=1S/C28H40O2/c1-5-7-8-9-10-11-12-24-13-15-26(16-14-24)27-19-17-25(18-20-27)23(4)30-28(29)21-22(3)6-2/h13-20,22-23H,5-12,21H2,1-4H3. The van der Waals surface area contributed by atoms with Crippen LogP contribution in [0, 0.1) is 5.92 Å². The summed E-state index contributed by atoms with van der Waals surface area (Å²) in [5.41, 5.74) is 4.89. The Bertz CT molecular complexity index is 730. The van der Waals surface area contributed by atoms with Gasteiger partial charge in [0.05, 0.1) is 0 Å². The van der Waals surface area contributed by atoms with Crippen molar-refractivity contribution < 1.29 is 9.53 Å². The van der Waals surface area contributed by atoms with Gasteiger partial charge in [0.15, 0.2) is 0 Å². The summed E-state index contributed by atoms with van der Waals surface area (Å²) in [6.07, 6.45) is 10.5. The number of unbranched alkanes of at least 4 members (excludes halogenated alkanes) is 5. The van der Waals surface area contributed by atoms with Gasteiger partial charge < -0.3 is 4.74 Å². The van der Waals surface area contributed by atoms with Crippen LogP contribution in [0.3, 0.4) is 0 Å². The van der Waals surface area contributed by atoms with Crippen molar-refractivity contribution in [2.45, 2.75) is 91.6 Å². The van der Waals surface area contributed by atoms with Crippen molar-refractivity contribution >= 4 is 5.97 Å². The summed E-state index contributed by atoms with van der Waals surface area (Å²) in [5, 5.41) is 0. The van der Waals surface area contributed by atoms with Gasteiger partial charge in [0.1, 0.15) is 6.10 Å². The summed E-state index contributed by atoms with van der Waals surface area (Å²) < 4.78 is 5.60. The molecule has 2 heteroatoms. The van der Waals surface area contributed by atoms with Crippen molar-refractivity contribution in [2.75, 3.05) is 0 Å². The highest BCUT2D eigenvalue weighted by molar-refractivity contribution is 5.70. The molecular formula is C28H40O2. The molecule has 2 rings (SSSR count). The zero-order chi connectivity index (χ0) is 21.8. The Labute approximate surface area is 184 Å². The van der Waals surface area contributed by atoms with E-state index >= 15 is 0 Å². The van der Waals surface area contributed by atoms with E-state index in [9.17, 15) is 4.79 Å². The van der Waals surface area contributed by atoms with E-state index in [1.807, 2.05) is 6.92 Å². The van der Waals surface area contributed by atoms with Crippen LogP contribution in [-0.4, -0.2) is 5.97 Å². The second-order valence-electron chi connectivity index (χ2n) is 8.69. The van der Waals surface area contributed by atoms with E-state index in [-0.39, 0.29) is 12.1 Å². The van der Waals surface area contributed by atoms with Crippen molar-refractivity contribution in [2.24, 2.45) is 5.92 Å². The summed E-state index contributed by atoms with van der Waals surface area (Å²) in [5.74, 6) is 0.262. The van der Waals surface area contributed by atoms with Gasteiger partial charge in [-0.2, -0.15) is 0 Å². The highest BCUT2D eigenvalue weighted by Gasteiger charge is 2.14. The Kier molecular flexibility index (Phi) is 10.7. The molecule has 30 heavy (non-hydrogen) atoms. The molecule has 2 nitrogen and oxygen atoms in total. The van der Waals surface area contributed by atoms with Gasteiger partial charge in [0, 0.05) is 6.42 Å². The van der Waals surface area contributed by atoms with Crippen LogP contribution in [0.5, 0.6) is 0 Å². The molecule has 0 radical (unpaired) electrons. The van der Waals surface area contributed by atoms with Gasteiger partial charge in [-0.1, -0.05) is 108 Å². The predicted octanol–water partition coefficient (Wildman–Crippen LogP) is 8.30. The van der Waals surface area contributed by atoms with Crippen LogP contribution in [-0.2, 0) is 16.0 Å². The fraction of sp³-hybridized carbons (Fsp3) is 0.536. The van der Waals surface area contributed by atoms with Gasteiger partial charge in [0.25, 0.3) is 0 Å². The molecular weight excluding hydrogens is 368 g/mol. The summed E-state index contributed by atoms with van der Waals surface area (Å²) in [7, 11) is 0. The molecule has 2 aromatic carbocycles. The van der Waals surface area contributed by atoms with Crippen molar-refractivity contribution in [3.05, 3.63) is 59.7 Å². The molecule has 0 aliphatic carbocycles. The van der Waals surface area contributed by atoms with Crippen LogP contribution in [0.4, 0.5) is 0 Å². The number of benzene rings is 2. The Morgan fingerprint density at radius 1 is 0.800 bits per heavy atom.